The van der Waals surface area contributed by atoms with Gasteiger partial charge >= 0.3 is 0 Å². The molecule has 0 radical (unpaired) electrons. The van der Waals surface area contributed by atoms with Crippen LogP contribution in [-0.2, 0) is 13.2 Å². The van der Waals surface area contributed by atoms with Crippen molar-refractivity contribution >= 4 is 15.9 Å². The van der Waals surface area contributed by atoms with Gasteiger partial charge in [-0.05, 0) is 50.0 Å². The van der Waals surface area contributed by atoms with Crippen molar-refractivity contribution in [1.29, 1.82) is 0 Å². The molecule has 0 atom stereocenters. The summed E-state index contributed by atoms with van der Waals surface area (Å²) >= 11 is 3.50. The summed E-state index contributed by atoms with van der Waals surface area (Å²) in [4.78, 5) is 2.14. The van der Waals surface area contributed by atoms with Crippen molar-refractivity contribution < 1.29 is 9.13 Å². The second kappa shape index (κ2) is 9.01. The Morgan fingerprint density at radius 2 is 1.87 bits per heavy atom. The lowest BCUT2D eigenvalue weighted by atomic mass is 10.2. The molecule has 2 rings (SSSR count). The van der Waals surface area contributed by atoms with Gasteiger partial charge in [0.1, 0.15) is 18.2 Å². The minimum atomic E-state index is -0.233. The van der Waals surface area contributed by atoms with Gasteiger partial charge in [-0.15, -0.1) is 0 Å². The molecule has 2 aromatic rings. The first-order valence-electron chi connectivity index (χ1n) is 7.56. The van der Waals surface area contributed by atoms with Gasteiger partial charge in [0.2, 0.25) is 0 Å². The third-order valence-electron chi connectivity index (χ3n) is 3.38. The second-order valence-electron chi connectivity index (χ2n) is 5.65. The van der Waals surface area contributed by atoms with E-state index in [1.807, 2.05) is 12.1 Å². The predicted molar refractivity (Wildman–Crippen MR) is 95.1 cm³/mol. The molecule has 0 heterocycles. The van der Waals surface area contributed by atoms with E-state index in [9.17, 15) is 4.39 Å². The second-order valence-corrected chi connectivity index (χ2v) is 6.56. The lowest BCUT2D eigenvalue weighted by Gasteiger charge is -2.14. The number of ether oxygens (including phenoxy) is 1. The van der Waals surface area contributed by atoms with E-state index in [4.69, 9.17) is 4.74 Å². The van der Waals surface area contributed by atoms with E-state index in [1.54, 1.807) is 12.1 Å². The van der Waals surface area contributed by atoms with Gasteiger partial charge in [0.15, 0.2) is 0 Å². The molecule has 0 spiro atoms. The molecule has 1 N–H and O–H groups in total. The van der Waals surface area contributed by atoms with Gasteiger partial charge in [-0.3, -0.25) is 0 Å². The lowest BCUT2D eigenvalue weighted by molar-refractivity contribution is 0.301. The standard InChI is InChI=1S/C18H22BrFN2O/c1-22(2)10-9-21-12-15-11-16(19)5-8-18(15)23-13-14-3-6-17(20)7-4-14/h3-8,11,21H,9-10,12-13H2,1-2H3. The number of nitrogens with one attached hydrogen (secondary N) is 1. The fraction of sp³-hybridized carbons (Fsp3) is 0.333. The van der Waals surface area contributed by atoms with Gasteiger partial charge in [0.05, 0.1) is 0 Å². The van der Waals surface area contributed by atoms with Crippen molar-refractivity contribution in [3.8, 4) is 5.75 Å². The molecule has 3 nitrogen and oxygen atoms in total. The summed E-state index contributed by atoms with van der Waals surface area (Å²) in [5, 5.41) is 3.41. The number of hydrogen-bond donors (Lipinski definition) is 1. The Labute approximate surface area is 145 Å². The maximum Gasteiger partial charge on any atom is 0.124 e. The first kappa shape index (κ1) is 17.9. The summed E-state index contributed by atoms with van der Waals surface area (Å²) < 4.78 is 19.9. The normalized spacial score (nSPS) is 11.0. The quantitative estimate of drug-likeness (QED) is 0.704. The van der Waals surface area contributed by atoms with Crippen LogP contribution in [0.5, 0.6) is 5.75 Å². The SMILES string of the molecule is CN(C)CCNCc1cc(Br)ccc1OCc1ccc(F)cc1. The maximum absolute atomic E-state index is 12.9. The molecule has 23 heavy (non-hydrogen) atoms. The molecule has 5 heteroatoms. The van der Waals surface area contributed by atoms with E-state index in [0.717, 1.165) is 41.0 Å². The zero-order valence-corrected chi connectivity index (χ0v) is 15.1. The van der Waals surface area contributed by atoms with Crippen molar-refractivity contribution in [2.75, 3.05) is 27.2 Å². The fourth-order valence-corrected chi connectivity index (χ4v) is 2.50. The topological polar surface area (TPSA) is 24.5 Å². The highest BCUT2D eigenvalue weighted by molar-refractivity contribution is 9.10. The highest BCUT2D eigenvalue weighted by Gasteiger charge is 2.05. The molecular weight excluding hydrogens is 359 g/mol. The van der Waals surface area contributed by atoms with E-state index in [0.29, 0.717) is 6.61 Å². The minimum Gasteiger partial charge on any atom is -0.489 e. The minimum absolute atomic E-state index is 0.233. The van der Waals surface area contributed by atoms with E-state index in [2.05, 4.69) is 46.3 Å². The van der Waals surface area contributed by atoms with Gasteiger partial charge in [-0.2, -0.15) is 0 Å². The third kappa shape index (κ3) is 6.29. The molecule has 0 amide bonds. The monoisotopic (exact) mass is 380 g/mol. The first-order valence-corrected chi connectivity index (χ1v) is 8.35. The Hall–Kier alpha value is -1.43. The van der Waals surface area contributed by atoms with Crippen LogP contribution in [0.1, 0.15) is 11.1 Å². The fourth-order valence-electron chi connectivity index (χ4n) is 2.09. The summed E-state index contributed by atoms with van der Waals surface area (Å²) in [5.41, 5.74) is 2.04. The Morgan fingerprint density at radius 1 is 1.13 bits per heavy atom. The zero-order valence-electron chi connectivity index (χ0n) is 13.5. The van der Waals surface area contributed by atoms with Crippen LogP contribution < -0.4 is 10.1 Å². The molecule has 0 unspecified atom stereocenters. The highest BCUT2D eigenvalue weighted by atomic mass is 79.9. The summed E-state index contributed by atoms with van der Waals surface area (Å²) in [6.07, 6.45) is 0. The Balaban J connectivity index is 1.95. The van der Waals surface area contributed by atoms with Gasteiger partial charge in [0, 0.05) is 29.7 Å². The summed E-state index contributed by atoms with van der Waals surface area (Å²) in [6, 6.07) is 12.4. The molecule has 124 valence electrons. The van der Waals surface area contributed by atoms with Crippen molar-refractivity contribution in [3.05, 3.63) is 63.9 Å². The van der Waals surface area contributed by atoms with E-state index < -0.39 is 0 Å². The van der Waals surface area contributed by atoms with Crippen LogP contribution >= 0.6 is 15.9 Å². The van der Waals surface area contributed by atoms with Gasteiger partial charge in [-0.1, -0.05) is 28.1 Å². The predicted octanol–water partition coefficient (Wildman–Crippen LogP) is 3.82. The number of likely N-dealkylation sites (N-methyl/N-ethyl adjacent to an activating group) is 1. The number of rotatable bonds is 8. The van der Waals surface area contributed by atoms with Crippen molar-refractivity contribution in [1.82, 2.24) is 10.2 Å². The number of benzene rings is 2. The van der Waals surface area contributed by atoms with Gasteiger partial charge in [0.25, 0.3) is 0 Å². The Kier molecular flexibility index (Phi) is 7.02. The molecule has 0 aromatic heterocycles. The number of halogens is 2. The molecule has 0 aliphatic carbocycles. The molecule has 0 saturated carbocycles. The van der Waals surface area contributed by atoms with E-state index in [1.165, 1.54) is 12.1 Å². The largest absolute Gasteiger partial charge is 0.489 e. The number of hydrogen-bond acceptors (Lipinski definition) is 3. The smallest absolute Gasteiger partial charge is 0.124 e. The molecule has 0 aliphatic rings. The zero-order chi connectivity index (χ0) is 16.7. The number of nitrogens with zero attached hydrogens (tertiary/aromatic N) is 1. The highest BCUT2D eigenvalue weighted by Crippen LogP contribution is 2.24. The van der Waals surface area contributed by atoms with Gasteiger partial charge < -0.3 is 15.0 Å². The molecule has 0 fully saturated rings. The lowest BCUT2D eigenvalue weighted by Crippen LogP contribution is -2.26. The molecule has 0 aliphatic heterocycles. The van der Waals surface area contributed by atoms with Crippen LogP contribution in [0.2, 0.25) is 0 Å². The van der Waals surface area contributed by atoms with Crippen molar-refractivity contribution in [3.63, 3.8) is 0 Å². The van der Waals surface area contributed by atoms with Crippen LogP contribution in [-0.4, -0.2) is 32.1 Å². The molecule has 2 aromatic carbocycles. The van der Waals surface area contributed by atoms with Crippen LogP contribution in [0.4, 0.5) is 4.39 Å². The summed E-state index contributed by atoms with van der Waals surface area (Å²) in [5.74, 6) is 0.609. The van der Waals surface area contributed by atoms with Gasteiger partial charge in [-0.25, -0.2) is 4.39 Å². The van der Waals surface area contributed by atoms with Crippen molar-refractivity contribution in [2.24, 2.45) is 0 Å². The first-order chi connectivity index (χ1) is 11.0. The third-order valence-corrected chi connectivity index (χ3v) is 3.87. The van der Waals surface area contributed by atoms with Crippen molar-refractivity contribution in [2.45, 2.75) is 13.2 Å². The average molecular weight is 381 g/mol. The van der Waals surface area contributed by atoms with Crippen LogP contribution in [0.15, 0.2) is 46.9 Å². The summed E-state index contributed by atoms with van der Waals surface area (Å²) in [6.45, 7) is 3.06. The molecule has 0 saturated heterocycles. The Bertz CT molecular complexity index is 617. The van der Waals surface area contributed by atoms with E-state index >= 15 is 0 Å². The summed E-state index contributed by atoms with van der Waals surface area (Å²) in [7, 11) is 4.11. The average Bonchev–Trinajstić information content (AvgIpc) is 2.52. The molecular formula is C18H22BrFN2O. The van der Waals surface area contributed by atoms with Crippen LogP contribution in [0, 0.1) is 5.82 Å². The van der Waals surface area contributed by atoms with Crippen LogP contribution in [0.25, 0.3) is 0 Å². The molecule has 0 bridgehead atoms. The Morgan fingerprint density at radius 3 is 2.57 bits per heavy atom. The maximum atomic E-state index is 12.9. The van der Waals surface area contributed by atoms with Crippen LogP contribution in [0.3, 0.4) is 0 Å². The van der Waals surface area contributed by atoms with E-state index in [-0.39, 0.29) is 5.82 Å².